The van der Waals surface area contributed by atoms with Crippen molar-refractivity contribution in [2.24, 2.45) is 0 Å². The molecule has 6 nitrogen and oxygen atoms in total. The Hall–Kier alpha value is -3.85. The molecule has 0 saturated heterocycles. The third kappa shape index (κ3) is 5.56. The van der Waals surface area contributed by atoms with Gasteiger partial charge in [0, 0.05) is 6.54 Å². The molecule has 1 amide bonds. The first-order chi connectivity index (χ1) is 13.9. The Bertz CT molecular complexity index is 1020. The molecule has 1 N–H and O–H groups in total. The van der Waals surface area contributed by atoms with Gasteiger partial charge in [-0.3, -0.25) is 4.79 Å². The van der Waals surface area contributed by atoms with Crippen LogP contribution in [-0.4, -0.2) is 25.5 Å². The molecule has 0 aliphatic carbocycles. The summed E-state index contributed by atoms with van der Waals surface area (Å²) in [7, 11) is 1.44. The summed E-state index contributed by atoms with van der Waals surface area (Å²) in [5.74, 6) is -0.463. The van der Waals surface area contributed by atoms with Crippen LogP contribution in [0, 0.1) is 25.2 Å². The number of nitrogens with one attached hydrogen (secondary N) is 1. The fraction of sp³-hybridized carbons (Fsp3) is 0.174. The van der Waals surface area contributed by atoms with E-state index in [0.717, 1.165) is 11.1 Å². The van der Waals surface area contributed by atoms with Gasteiger partial charge in [0.2, 0.25) is 0 Å². The number of nitrogens with zero attached hydrogens (tertiary/aromatic N) is 1. The summed E-state index contributed by atoms with van der Waals surface area (Å²) in [6, 6.07) is 12.0. The molecule has 0 bridgehead atoms. The van der Waals surface area contributed by atoms with Gasteiger partial charge in [-0.25, -0.2) is 4.79 Å². The van der Waals surface area contributed by atoms with Gasteiger partial charge in [0.25, 0.3) is 5.91 Å². The number of esters is 1. The molecule has 0 fully saturated rings. The third-order valence-corrected chi connectivity index (χ3v) is 4.22. The average molecular weight is 390 g/mol. The summed E-state index contributed by atoms with van der Waals surface area (Å²) in [5.41, 5.74) is 3.00. The smallest absolute Gasteiger partial charge is 0.343 e. The van der Waals surface area contributed by atoms with Crippen LogP contribution in [-0.2, 0) is 4.79 Å². The van der Waals surface area contributed by atoms with E-state index in [2.05, 4.69) is 11.9 Å². The van der Waals surface area contributed by atoms with E-state index in [4.69, 9.17) is 9.47 Å². The molecule has 0 atom stereocenters. The second kappa shape index (κ2) is 9.90. The van der Waals surface area contributed by atoms with E-state index in [-0.39, 0.29) is 17.9 Å². The van der Waals surface area contributed by atoms with Crippen LogP contribution in [0.2, 0.25) is 0 Å². The number of nitriles is 1. The largest absolute Gasteiger partial charge is 0.493 e. The average Bonchev–Trinajstić information content (AvgIpc) is 2.72. The number of methoxy groups -OCH3 is 1. The fourth-order valence-electron chi connectivity index (χ4n) is 2.46. The second-order valence-electron chi connectivity index (χ2n) is 6.27. The van der Waals surface area contributed by atoms with Gasteiger partial charge in [-0.2, -0.15) is 5.26 Å². The van der Waals surface area contributed by atoms with Crippen LogP contribution in [0.3, 0.4) is 0 Å². The third-order valence-electron chi connectivity index (χ3n) is 4.22. The molecule has 2 aromatic carbocycles. The van der Waals surface area contributed by atoms with E-state index in [1.807, 2.05) is 26.0 Å². The number of benzene rings is 2. The summed E-state index contributed by atoms with van der Waals surface area (Å²) < 4.78 is 10.8. The normalized spacial score (nSPS) is 10.6. The van der Waals surface area contributed by atoms with E-state index in [0.29, 0.717) is 16.9 Å². The van der Waals surface area contributed by atoms with Crippen LogP contribution in [0.15, 0.2) is 54.6 Å². The highest BCUT2D eigenvalue weighted by atomic mass is 16.6. The second-order valence-corrected chi connectivity index (χ2v) is 6.27. The predicted octanol–water partition coefficient (Wildman–Crippen LogP) is 3.74. The molecule has 6 heteroatoms. The van der Waals surface area contributed by atoms with Crippen LogP contribution in [0.4, 0.5) is 0 Å². The molecule has 0 aromatic heterocycles. The number of amides is 1. The molecule has 148 valence electrons. The van der Waals surface area contributed by atoms with Crippen LogP contribution in [0.5, 0.6) is 11.5 Å². The van der Waals surface area contributed by atoms with Crippen molar-refractivity contribution >= 4 is 18.0 Å². The van der Waals surface area contributed by atoms with Gasteiger partial charge in [-0.05, 0) is 60.9 Å². The number of hydrogen-bond acceptors (Lipinski definition) is 5. The van der Waals surface area contributed by atoms with Crippen molar-refractivity contribution in [2.75, 3.05) is 13.7 Å². The van der Waals surface area contributed by atoms with Crippen molar-refractivity contribution in [1.82, 2.24) is 5.32 Å². The number of aryl methyl sites for hydroxylation is 2. The molecule has 0 heterocycles. The van der Waals surface area contributed by atoms with Gasteiger partial charge in [0.05, 0.1) is 12.7 Å². The molecule has 0 aliphatic rings. The summed E-state index contributed by atoms with van der Waals surface area (Å²) in [4.78, 5) is 24.4. The van der Waals surface area contributed by atoms with E-state index >= 15 is 0 Å². The van der Waals surface area contributed by atoms with Gasteiger partial charge in [0.1, 0.15) is 11.6 Å². The highest BCUT2D eigenvalue weighted by molar-refractivity contribution is 6.01. The Kier molecular flexibility index (Phi) is 7.33. The van der Waals surface area contributed by atoms with Crippen LogP contribution < -0.4 is 14.8 Å². The maximum Gasteiger partial charge on any atom is 0.343 e. The summed E-state index contributed by atoms with van der Waals surface area (Å²) >= 11 is 0. The minimum absolute atomic E-state index is 0.0613. The number of hydrogen-bond donors (Lipinski definition) is 1. The van der Waals surface area contributed by atoms with Crippen molar-refractivity contribution in [3.05, 3.63) is 76.9 Å². The predicted molar refractivity (Wildman–Crippen MR) is 111 cm³/mol. The molecular formula is C23H22N2O4. The first-order valence-electron chi connectivity index (χ1n) is 8.88. The minimum Gasteiger partial charge on any atom is -0.493 e. The first kappa shape index (κ1) is 21.5. The van der Waals surface area contributed by atoms with Crippen molar-refractivity contribution in [3.8, 4) is 17.6 Å². The monoisotopic (exact) mass is 390 g/mol. The van der Waals surface area contributed by atoms with E-state index in [1.54, 1.807) is 30.3 Å². The first-order valence-corrected chi connectivity index (χ1v) is 8.88. The zero-order valence-corrected chi connectivity index (χ0v) is 16.6. The zero-order valence-electron chi connectivity index (χ0n) is 16.6. The SMILES string of the molecule is C=CCNC(=O)/C(C#N)=C/c1ccc(OC(=O)c2ccc(C)c(C)c2)c(OC)c1. The van der Waals surface area contributed by atoms with Crippen molar-refractivity contribution in [2.45, 2.75) is 13.8 Å². The summed E-state index contributed by atoms with van der Waals surface area (Å²) in [5, 5.41) is 11.8. The van der Waals surface area contributed by atoms with Crippen molar-refractivity contribution in [3.63, 3.8) is 0 Å². The lowest BCUT2D eigenvalue weighted by molar-refractivity contribution is -0.116. The number of carbonyl (C=O) groups excluding carboxylic acids is 2. The molecule has 2 rings (SSSR count). The lowest BCUT2D eigenvalue weighted by Crippen LogP contribution is -2.24. The Morgan fingerprint density at radius 1 is 1.14 bits per heavy atom. The van der Waals surface area contributed by atoms with E-state index < -0.39 is 11.9 Å². The van der Waals surface area contributed by atoms with E-state index in [9.17, 15) is 14.9 Å². The maximum absolute atomic E-state index is 12.5. The van der Waals surface area contributed by atoms with E-state index in [1.165, 1.54) is 19.3 Å². The van der Waals surface area contributed by atoms with Crippen LogP contribution >= 0.6 is 0 Å². The van der Waals surface area contributed by atoms with Gasteiger partial charge in [-0.1, -0.05) is 18.2 Å². The highest BCUT2D eigenvalue weighted by Crippen LogP contribution is 2.30. The zero-order chi connectivity index (χ0) is 21.4. The topological polar surface area (TPSA) is 88.4 Å². The molecule has 0 radical (unpaired) electrons. The maximum atomic E-state index is 12.5. The summed E-state index contributed by atoms with van der Waals surface area (Å²) in [6.07, 6.45) is 2.95. The lowest BCUT2D eigenvalue weighted by atomic mass is 10.1. The van der Waals surface area contributed by atoms with Gasteiger partial charge >= 0.3 is 5.97 Å². The standard InChI is InChI=1S/C23H22N2O4/c1-5-10-25-22(26)19(14-24)12-17-7-9-20(21(13-17)28-4)29-23(27)18-8-6-15(2)16(3)11-18/h5-9,11-13H,1,10H2,2-4H3,(H,25,26)/b19-12+. The molecule has 0 spiro atoms. The Labute approximate surface area is 170 Å². The molecule has 0 aliphatic heterocycles. The number of rotatable bonds is 7. The molecule has 0 saturated carbocycles. The highest BCUT2D eigenvalue weighted by Gasteiger charge is 2.14. The Morgan fingerprint density at radius 2 is 1.90 bits per heavy atom. The van der Waals surface area contributed by atoms with Crippen LogP contribution in [0.25, 0.3) is 6.08 Å². The quantitative estimate of drug-likeness (QED) is 0.256. The van der Waals surface area contributed by atoms with Gasteiger partial charge < -0.3 is 14.8 Å². The molecule has 0 unspecified atom stereocenters. The number of carbonyl (C=O) groups is 2. The molecule has 29 heavy (non-hydrogen) atoms. The lowest BCUT2D eigenvalue weighted by Gasteiger charge is -2.11. The molecule has 2 aromatic rings. The van der Waals surface area contributed by atoms with Crippen molar-refractivity contribution in [1.29, 1.82) is 5.26 Å². The van der Waals surface area contributed by atoms with Gasteiger partial charge in [0.15, 0.2) is 11.5 Å². The van der Waals surface area contributed by atoms with Crippen molar-refractivity contribution < 1.29 is 19.1 Å². The van der Waals surface area contributed by atoms with Gasteiger partial charge in [-0.15, -0.1) is 6.58 Å². The fourth-order valence-corrected chi connectivity index (χ4v) is 2.46. The molecular weight excluding hydrogens is 368 g/mol. The Balaban J connectivity index is 2.25. The Morgan fingerprint density at radius 3 is 2.52 bits per heavy atom. The summed E-state index contributed by atoms with van der Waals surface area (Å²) in [6.45, 7) is 7.66. The number of ether oxygens (including phenoxy) is 2. The minimum atomic E-state index is -0.504. The van der Waals surface area contributed by atoms with Crippen LogP contribution in [0.1, 0.15) is 27.0 Å².